The minimum absolute atomic E-state index is 0.0529. The summed E-state index contributed by atoms with van der Waals surface area (Å²) in [4.78, 5) is 15.9. The molecule has 6 rings (SSSR count). The average Bonchev–Trinajstić information content (AvgIpc) is 3.47. The van der Waals surface area contributed by atoms with Gasteiger partial charge >= 0.3 is 0 Å². The average molecular weight is 522 g/mol. The SMILES string of the molecule is CC1CCCN1.CCc1nc(N2CCCC(C)(C)C2)cc(N2CC3(CCCc4sc(N)c(C#N)c43)C2)n1. The van der Waals surface area contributed by atoms with Gasteiger partial charge in [-0.1, -0.05) is 20.8 Å². The van der Waals surface area contributed by atoms with Crippen LogP contribution in [0.1, 0.15) is 88.0 Å². The molecule has 7 nitrogen and oxygen atoms in total. The van der Waals surface area contributed by atoms with Crippen molar-refractivity contribution in [3.63, 3.8) is 0 Å². The summed E-state index contributed by atoms with van der Waals surface area (Å²) < 4.78 is 0. The number of aromatic nitrogens is 2. The van der Waals surface area contributed by atoms with Gasteiger partial charge < -0.3 is 20.9 Å². The van der Waals surface area contributed by atoms with Gasteiger partial charge in [-0.3, -0.25) is 0 Å². The number of hydrogen-bond acceptors (Lipinski definition) is 8. The molecule has 0 radical (unpaired) electrons. The number of aryl methyl sites for hydroxylation is 2. The van der Waals surface area contributed by atoms with Crippen LogP contribution >= 0.6 is 11.3 Å². The number of thiophene rings is 1. The molecule has 37 heavy (non-hydrogen) atoms. The third kappa shape index (κ3) is 5.31. The van der Waals surface area contributed by atoms with Crippen LogP contribution in [-0.4, -0.2) is 48.7 Å². The van der Waals surface area contributed by atoms with Gasteiger partial charge in [0.05, 0.1) is 5.56 Å². The van der Waals surface area contributed by atoms with E-state index in [0.717, 1.165) is 74.5 Å². The van der Waals surface area contributed by atoms with Gasteiger partial charge in [-0.2, -0.15) is 5.26 Å². The first-order valence-electron chi connectivity index (χ1n) is 14.2. The highest BCUT2D eigenvalue weighted by atomic mass is 32.1. The van der Waals surface area contributed by atoms with E-state index in [4.69, 9.17) is 15.7 Å². The van der Waals surface area contributed by atoms with Gasteiger partial charge in [-0.15, -0.1) is 11.3 Å². The number of rotatable bonds is 3. The fraction of sp³-hybridized carbons (Fsp3) is 0.690. The number of nitriles is 1. The van der Waals surface area contributed by atoms with Crippen molar-refractivity contribution in [1.29, 1.82) is 5.26 Å². The van der Waals surface area contributed by atoms with Gasteiger partial charge in [-0.05, 0) is 69.4 Å². The smallest absolute Gasteiger partial charge is 0.134 e. The van der Waals surface area contributed by atoms with Crippen molar-refractivity contribution in [3.8, 4) is 6.07 Å². The third-order valence-corrected chi connectivity index (χ3v) is 9.69. The first-order chi connectivity index (χ1) is 17.7. The Morgan fingerprint density at radius 2 is 1.89 bits per heavy atom. The maximum absolute atomic E-state index is 9.73. The van der Waals surface area contributed by atoms with Crippen molar-refractivity contribution in [2.75, 3.05) is 48.3 Å². The standard InChI is InChI=1S/C24H32N6S.C5H11N/c1-4-18-27-19(29-10-6-8-23(2,3)13-29)11-20(28-18)30-14-24(15-30)9-5-7-17-21(24)16(12-25)22(26)31-17;1-5-3-2-4-6-5/h11H,4-10,13-15,26H2,1-3H3;5-6H,2-4H2,1H3. The number of nitrogen functional groups attached to an aromatic ring is 1. The molecule has 8 heteroatoms. The molecule has 0 aromatic carbocycles. The molecule has 0 amide bonds. The molecule has 3 saturated heterocycles. The Morgan fingerprint density at radius 3 is 2.49 bits per heavy atom. The summed E-state index contributed by atoms with van der Waals surface area (Å²) in [5.41, 5.74) is 8.54. The molecule has 3 aliphatic heterocycles. The summed E-state index contributed by atoms with van der Waals surface area (Å²) in [5, 5.41) is 13.7. The van der Waals surface area contributed by atoms with Gasteiger partial charge in [0.2, 0.25) is 0 Å². The Labute approximate surface area is 226 Å². The second kappa shape index (κ2) is 10.4. The Morgan fingerprint density at radius 1 is 1.14 bits per heavy atom. The first kappa shape index (κ1) is 26.2. The van der Waals surface area contributed by atoms with Crippen molar-refractivity contribution < 1.29 is 0 Å². The lowest BCUT2D eigenvalue weighted by Gasteiger charge is -2.53. The number of nitrogens with zero attached hydrogens (tertiary/aromatic N) is 5. The van der Waals surface area contributed by atoms with Gasteiger partial charge in [0.1, 0.15) is 28.5 Å². The number of nitrogens with two attached hydrogens (primary N) is 1. The van der Waals surface area contributed by atoms with Crippen LogP contribution in [-0.2, 0) is 18.3 Å². The van der Waals surface area contributed by atoms with Crippen LogP contribution in [0.5, 0.6) is 0 Å². The predicted molar refractivity (Wildman–Crippen MR) is 154 cm³/mol. The predicted octanol–water partition coefficient (Wildman–Crippen LogP) is 5.03. The summed E-state index contributed by atoms with van der Waals surface area (Å²) in [7, 11) is 0. The molecule has 1 aliphatic carbocycles. The molecule has 1 spiro atoms. The minimum Gasteiger partial charge on any atom is -0.389 e. The number of nitrogens with one attached hydrogen (secondary N) is 1. The molecule has 3 fully saturated rings. The van der Waals surface area contributed by atoms with E-state index >= 15 is 0 Å². The number of fused-ring (bicyclic) bond motifs is 2. The van der Waals surface area contributed by atoms with Crippen molar-refractivity contribution >= 4 is 28.0 Å². The molecular formula is C29H43N7S. The zero-order valence-corrected chi connectivity index (χ0v) is 23.9. The summed E-state index contributed by atoms with van der Waals surface area (Å²) in [5.74, 6) is 3.01. The highest BCUT2D eigenvalue weighted by Crippen LogP contribution is 2.51. The molecule has 200 valence electrons. The fourth-order valence-corrected chi connectivity index (χ4v) is 7.83. The van der Waals surface area contributed by atoms with Crippen LogP contribution in [0, 0.1) is 16.7 Å². The number of piperidine rings is 1. The summed E-state index contributed by atoms with van der Waals surface area (Å²) in [6.45, 7) is 14.2. The summed E-state index contributed by atoms with van der Waals surface area (Å²) in [6.07, 6.45) is 9.41. The van der Waals surface area contributed by atoms with E-state index in [2.05, 4.69) is 54.9 Å². The van der Waals surface area contributed by atoms with Gasteiger partial charge in [0.25, 0.3) is 0 Å². The third-order valence-electron chi connectivity index (χ3n) is 8.61. The van der Waals surface area contributed by atoms with Gasteiger partial charge in [-0.25, -0.2) is 9.97 Å². The van der Waals surface area contributed by atoms with Crippen molar-refractivity contribution in [2.45, 2.75) is 90.5 Å². The molecule has 5 heterocycles. The first-order valence-corrected chi connectivity index (χ1v) is 15.0. The minimum atomic E-state index is 0.0529. The van der Waals surface area contributed by atoms with E-state index < -0.39 is 0 Å². The van der Waals surface area contributed by atoms with E-state index in [1.165, 1.54) is 49.1 Å². The summed E-state index contributed by atoms with van der Waals surface area (Å²) >= 11 is 1.62. The molecule has 3 N–H and O–H groups in total. The monoisotopic (exact) mass is 521 g/mol. The van der Waals surface area contributed by atoms with E-state index in [1.54, 1.807) is 11.3 Å². The van der Waals surface area contributed by atoms with Gasteiger partial charge in [0, 0.05) is 55.0 Å². The lowest BCUT2D eigenvalue weighted by molar-refractivity contribution is 0.283. The van der Waals surface area contributed by atoms with Gasteiger partial charge in [0.15, 0.2) is 0 Å². The largest absolute Gasteiger partial charge is 0.389 e. The van der Waals surface area contributed by atoms with E-state index in [9.17, 15) is 5.26 Å². The fourth-order valence-electron chi connectivity index (χ4n) is 6.65. The maximum Gasteiger partial charge on any atom is 0.134 e. The second-order valence-corrected chi connectivity index (χ2v) is 13.4. The molecule has 2 aromatic rings. The highest BCUT2D eigenvalue weighted by molar-refractivity contribution is 7.16. The second-order valence-electron chi connectivity index (χ2n) is 12.3. The summed E-state index contributed by atoms with van der Waals surface area (Å²) in [6, 6.07) is 5.38. The zero-order valence-electron chi connectivity index (χ0n) is 23.1. The van der Waals surface area contributed by atoms with E-state index in [-0.39, 0.29) is 5.41 Å². The van der Waals surface area contributed by atoms with Crippen molar-refractivity contribution in [2.24, 2.45) is 5.41 Å². The van der Waals surface area contributed by atoms with Crippen LogP contribution in [0.2, 0.25) is 0 Å². The molecule has 2 aromatic heterocycles. The molecule has 1 unspecified atom stereocenters. The van der Waals surface area contributed by atoms with Crippen molar-refractivity contribution in [1.82, 2.24) is 15.3 Å². The normalized spacial score (nSPS) is 23.6. The topological polar surface area (TPSA) is 94.1 Å². The molecule has 1 atom stereocenters. The Hall–Kier alpha value is -2.37. The maximum atomic E-state index is 9.73. The highest BCUT2D eigenvalue weighted by Gasteiger charge is 2.50. The quantitative estimate of drug-likeness (QED) is 0.585. The van der Waals surface area contributed by atoms with Crippen LogP contribution < -0.4 is 20.9 Å². The van der Waals surface area contributed by atoms with E-state index in [0.29, 0.717) is 10.4 Å². The zero-order chi connectivity index (χ0) is 26.2. The molecule has 0 saturated carbocycles. The Balaban J connectivity index is 0.000000412. The Bertz CT molecular complexity index is 1150. The molecular weight excluding hydrogens is 478 g/mol. The van der Waals surface area contributed by atoms with Crippen molar-refractivity contribution in [3.05, 3.63) is 27.9 Å². The van der Waals surface area contributed by atoms with Crippen LogP contribution in [0.4, 0.5) is 16.6 Å². The van der Waals surface area contributed by atoms with Crippen LogP contribution in [0.25, 0.3) is 0 Å². The number of hydrogen-bond donors (Lipinski definition) is 2. The van der Waals surface area contributed by atoms with E-state index in [1.807, 2.05) is 0 Å². The van der Waals surface area contributed by atoms with Crippen LogP contribution in [0.3, 0.4) is 0 Å². The molecule has 0 bridgehead atoms. The van der Waals surface area contributed by atoms with Crippen LogP contribution in [0.15, 0.2) is 6.07 Å². The molecule has 4 aliphatic rings. The lowest BCUT2D eigenvalue weighted by atomic mass is 9.66. The number of anilines is 3. The lowest BCUT2D eigenvalue weighted by Crippen LogP contribution is -2.61. The Kier molecular flexibility index (Phi) is 7.39.